The summed E-state index contributed by atoms with van der Waals surface area (Å²) in [6, 6.07) is 8.07. The number of aromatic nitrogens is 3. The summed E-state index contributed by atoms with van der Waals surface area (Å²) >= 11 is 0. The normalized spacial score (nSPS) is 14.6. The van der Waals surface area contributed by atoms with Crippen molar-refractivity contribution in [1.82, 2.24) is 15.0 Å². The third-order valence-corrected chi connectivity index (χ3v) is 3.33. The molecule has 1 heterocycles. The van der Waals surface area contributed by atoms with Crippen LogP contribution in [0.3, 0.4) is 0 Å². The summed E-state index contributed by atoms with van der Waals surface area (Å²) in [6.07, 6.45) is 2.39. The van der Waals surface area contributed by atoms with Crippen molar-refractivity contribution in [3.63, 3.8) is 0 Å². The van der Waals surface area contributed by atoms with Gasteiger partial charge >= 0.3 is 0 Å². The molecule has 0 amide bonds. The van der Waals surface area contributed by atoms with Crippen LogP contribution < -0.4 is 10.5 Å². The Kier molecular flexibility index (Phi) is 3.11. The molecule has 0 atom stereocenters. The van der Waals surface area contributed by atoms with Gasteiger partial charge in [-0.3, -0.25) is 0 Å². The third kappa shape index (κ3) is 2.54. The lowest BCUT2D eigenvalue weighted by atomic mass is 10.2. The van der Waals surface area contributed by atoms with Crippen molar-refractivity contribution < 1.29 is 4.74 Å². The van der Waals surface area contributed by atoms with Crippen molar-refractivity contribution in [1.29, 1.82) is 0 Å². The van der Waals surface area contributed by atoms with Gasteiger partial charge in [0.2, 0.25) is 0 Å². The van der Waals surface area contributed by atoms with E-state index in [9.17, 15) is 0 Å². The SMILES string of the molecule is CCOc1ccc(Cn2nnc(N)c2C2CC2)cc1. The Morgan fingerprint density at radius 3 is 2.68 bits per heavy atom. The summed E-state index contributed by atoms with van der Waals surface area (Å²) in [5.74, 6) is 2.03. The summed E-state index contributed by atoms with van der Waals surface area (Å²) in [5.41, 5.74) is 8.15. The van der Waals surface area contributed by atoms with Crippen LogP contribution in [0.4, 0.5) is 5.82 Å². The van der Waals surface area contributed by atoms with Crippen LogP contribution in [-0.4, -0.2) is 21.6 Å². The molecule has 100 valence electrons. The Hall–Kier alpha value is -2.04. The number of benzene rings is 1. The molecule has 3 rings (SSSR count). The predicted octanol–water partition coefficient (Wildman–Crippen LogP) is 2.18. The van der Waals surface area contributed by atoms with Crippen molar-refractivity contribution in [2.75, 3.05) is 12.3 Å². The number of rotatable bonds is 5. The minimum Gasteiger partial charge on any atom is -0.494 e. The second-order valence-electron chi connectivity index (χ2n) is 4.87. The maximum absolute atomic E-state index is 5.89. The van der Waals surface area contributed by atoms with Crippen LogP contribution in [0.2, 0.25) is 0 Å². The Morgan fingerprint density at radius 1 is 1.32 bits per heavy atom. The fourth-order valence-corrected chi connectivity index (χ4v) is 2.26. The highest BCUT2D eigenvalue weighted by atomic mass is 16.5. The van der Waals surface area contributed by atoms with Gasteiger partial charge in [0.05, 0.1) is 18.8 Å². The first-order valence-corrected chi connectivity index (χ1v) is 6.68. The van der Waals surface area contributed by atoms with Gasteiger partial charge in [-0.1, -0.05) is 17.3 Å². The van der Waals surface area contributed by atoms with Crippen molar-refractivity contribution in [3.8, 4) is 5.75 Å². The smallest absolute Gasteiger partial charge is 0.169 e. The van der Waals surface area contributed by atoms with Gasteiger partial charge in [-0.05, 0) is 37.5 Å². The monoisotopic (exact) mass is 258 g/mol. The molecule has 1 aromatic carbocycles. The molecule has 1 aliphatic rings. The number of nitrogen functional groups attached to an aromatic ring is 1. The largest absolute Gasteiger partial charge is 0.494 e. The van der Waals surface area contributed by atoms with Crippen LogP contribution in [0.5, 0.6) is 5.75 Å². The molecule has 1 fully saturated rings. The van der Waals surface area contributed by atoms with Crippen LogP contribution in [0, 0.1) is 0 Å². The van der Waals surface area contributed by atoms with E-state index in [-0.39, 0.29) is 0 Å². The second-order valence-corrected chi connectivity index (χ2v) is 4.87. The molecule has 1 saturated carbocycles. The van der Waals surface area contributed by atoms with Gasteiger partial charge < -0.3 is 10.5 Å². The fourth-order valence-electron chi connectivity index (χ4n) is 2.26. The zero-order valence-electron chi connectivity index (χ0n) is 11.0. The minimum absolute atomic E-state index is 0.553. The summed E-state index contributed by atoms with van der Waals surface area (Å²) in [7, 11) is 0. The maximum atomic E-state index is 5.89. The van der Waals surface area contributed by atoms with E-state index in [1.807, 2.05) is 23.7 Å². The van der Waals surface area contributed by atoms with E-state index in [1.165, 1.54) is 18.4 Å². The predicted molar refractivity (Wildman–Crippen MR) is 73.1 cm³/mol. The Balaban J connectivity index is 1.77. The van der Waals surface area contributed by atoms with Crippen LogP contribution >= 0.6 is 0 Å². The van der Waals surface area contributed by atoms with E-state index in [4.69, 9.17) is 10.5 Å². The van der Waals surface area contributed by atoms with E-state index in [0.717, 1.165) is 11.4 Å². The molecule has 1 aliphatic carbocycles. The van der Waals surface area contributed by atoms with Gasteiger partial charge in [0.1, 0.15) is 5.75 Å². The highest BCUT2D eigenvalue weighted by Gasteiger charge is 2.30. The van der Waals surface area contributed by atoms with Gasteiger partial charge in [-0.15, -0.1) is 5.10 Å². The van der Waals surface area contributed by atoms with E-state index in [2.05, 4.69) is 22.4 Å². The second kappa shape index (κ2) is 4.91. The topological polar surface area (TPSA) is 66.0 Å². The molecule has 2 N–H and O–H groups in total. The summed E-state index contributed by atoms with van der Waals surface area (Å²) in [4.78, 5) is 0. The van der Waals surface area contributed by atoms with E-state index in [0.29, 0.717) is 24.9 Å². The summed E-state index contributed by atoms with van der Waals surface area (Å²) < 4.78 is 7.35. The number of anilines is 1. The maximum Gasteiger partial charge on any atom is 0.169 e. The van der Waals surface area contributed by atoms with Crippen LogP contribution in [0.15, 0.2) is 24.3 Å². The highest BCUT2D eigenvalue weighted by molar-refractivity contribution is 5.38. The van der Waals surface area contributed by atoms with Gasteiger partial charge in [-0.2, -0.15) is 0 Å². The summed E-state index contributed by atoms with van der Waals surface area (Å²) in [6.45, 7) is 3.38. The van der Waals surface area contributed by atoms with E-state index < -0.39 is 0 Å². The third-order valence-electron chi connectivity index (χ3n) is 3.33. The number of ether oxygens (including phenoxy) is 1. The molecule has 0 bridgehead atoms. The van der Waals surface area contributed by atoms with Crippen LogP contribution in [0.1, 0.15) is 36.9 Å². The lowest BCUT2D eigenvalue weighted by Gasteiger charge is -2.07. The molecule has 0 aliphatic heterocycles. The number of hydrogen-bond donors (Lipinski definition) is 1. The molecule has 1 aromatic heterocycles. The van der Waals surface area contributed by atoms with Crippen molar-refractivity contribution in [3.05, 3.63) is 35.5 Å². The number of nitrogens with two attached hydrogens (primary N) is 1. The Morgan fingerprint density at radius 2 is 2.05 bits per heavy atom. The molecular weight excluding hydrogens is 240 g/mol. The average Bonchev–Trinajstić information content (AvgIpc) is 3.18. The number of nitrogens with zero attached hydrogens (tertiary/aromatic N) is 3. The molecule has 0 radical (unpaired) electrons. The van der Waals surface area contributed by atoms with Crippen molar-refractivity contribution in [2.24, 2.45) is 0 Å². The van der Waals surface area contributed by atoms with Gasteiger partial charge in [0, 0.05) is 5.92 Å². The lowest BCUT2D eigenvalue weighted by Crippen LogP contribution is -2.06. The zero-order chi connectivity index (χ0) is 13.2. The first-order chi connectivity index (χ1) is 9.28. The number of hydrogen-bond acceptors (Lipinski definition) is 4. The lowest BCUT2D eigenvalue weighted by molar-refractivity contribution is 0.340. The average molecular weight is 258 g/mol. The van der Waals surface area contributed by atoms with Gasteiger partial charge in [0.25, 0.3) is 0 Å². The van der Waals surface area contributed by atoms with Gasteiger partial charge in [0.15, 0.2) is 5.82 Å². The quantitative estimate of drug-likeness (QED) is 0.892. The molecule has 5 heteroatoms. The molecule has 0 unspecified atom stereocenters. The molecule has 0 spiro atoms. The van der Waals surface area contributed by atoms with Gasteiger partial charge in [-0.25, -0.2) is 4.68 Å². The first-order valence-electron chi connectivity index (χ1n) is 6.68. The molecule has 5 nitrogen and oxygen atoms in total. The molecule has 2 aromatic rings. The summed E-state index contributed by atoms with van der Waals surface area (Å²) in [5, 5.41) is 8.13. The molecule has 0 saturated heterocycles. The van der Waals surface area contributed by atoms with Crippen LogP contribution in [0.25, 0.3) is 0 Å². The minimum atomic E-state index is 0.553. The van der Waals surface area contributed by atoms with Crippen molar-refractivity contribution in [2.45, 2.75) is 32.2 Å². The standard InChI is InChI=1S/C14H18N4O/c1-2-19-12-7-3-10(4-8-12)9-18-13(11-5-6-11)14(15)16-17-18/h3-4,7-8,11H,2,5-6,9,15H2,1H3. The molecular formula is C14H18N4O. The highest BCUT2D eigenvalue weighted by Crippen LogP contribution is 2.42. The van der Waals surface area contributed by atoms with Crippen LogP contribution in [-0.2, 0) is 6.54 Å². The van der Waals surface area contributed by atoms with E-state index >= 15 is 0 Å². The first kappa shape index (κ1) is 12.0. The molecule has 19 heavy (non-hydrogen) atoms. The Labute approximate surface area is 112 Å². The fraction of sp³-hybridized carbons (Fsp3) is 0.429. The van der Waals surface area contributed by atoms with Crippen molar-refractivity contribution >= 4 is 5.82 Å². The Bertz CT molecular complexity index is 557. The zero-order valence-corrected chi connectivity index (χ0v) is 11.0. The van der Waals surface area contributed by atoms with E-state index in [1.54, 1.807) is 0 Å².